The molecule has 2 N–H and O–H groups in total. The van der Waals surface area contributed by atoms with E-state index in [0.717, 1.165) is 18.7 Å². The van der Waals surface area contributed by atoms with E-state index >= 15 is 0 Å². The SMILES string of the molecule is CC(C(=O)NC(C)c1ccsc1)=C1CNC1. The highest BCUT2D eigenvalue weighted by molar-refractivity contribution is 7.07. The summed E-state index contributed by atoms with van der Waals surface area (Å²) in [5, 5.41) is 10.2. The number of nitrogens with one attached hydrogen (secondary N) is 2. The van der Waals surface area contributed by atoms with Gasteiger partial charge >= 0.3 is 0 Å². The molecule has 0 saturated carbocycles. The van der Waals surface area contributed by atoms with Crippen molar-refractivity contribution in [2.45, 2.75) is 19.9 Å². The van der Waals surface area contributed by atoms with Gasteiger partial charge in [-0.2, -0.15) is 11.3 Å². The van der Waals surface area contributed by atoms with E-state index in [9.17, 15) is 4.79 Å². The lowest BCUT2D eigenvalue weighted by Crippen LogP contribution is -2.38. The number of carbonyl (C=O) groups is 1. The first-order valence-corrected chi connectivity index (χ1v) is 6.35. The van der Waals surface area contributed by atoms with Crippen molar-refractivity contribution >= 4 is 17.2 Å². The van der Waals surface area contributed by atoms with Crippen LogP contribution in [0.25, 0.3) is 0 Å². The van der Waals surface area contributed by atoms with Crippen molar-refractivity contribution in [3.8, 4) is 0 Å². The van der Waals surface area contributed by atoms with Crippen LogP contribution in [0.1, 0.15) is 25.5 Å². The van der Waals surface area contributed by atoms with Crippen molar-refractivity contribution in [2.24, 2.45) is 0 Å². The van der Waals surface area contributed by atoms with Crippen LogP contribution in [-0.2, 0) is 4.79 Å². The van der Waals surface area contributed by atoms with Crippen molar-refractivity contribution in [1.82, 2.24) is 10.6 Å². The maximum absolute atomic E-state index is 11.9. The quantitative estimate of drug-likeness (QED) is 0.786. The van der Waals surface area contributed by atoms with Crippen LogP contribution in [0, 0.1) is 0 Å². The van der Waals surface area contributed by atoms with Gasteiger partial charge in [0.2, 0.25) is 5.91 Å². The molecule has 0 radical (unpaired) electrons. The van der Waals surface area contributed by atoms with E-state index in [4.69, 9.17) is 0 Å². The van der Waals surface area contributed by atoms with Crippen molar-refractivity contribution in [3.05, 3.63) is 33.5 Å². The number of amides is 1. The highest BCUT2D eigenvalue weighted by Crippen LogP contribution is 2.17. The number of hydrogen-bond acceptors (Lipinski definition) is 3. The summed E-state index contributed by atoms with van der Waals surface area (Å²) < 4.78 is 0. The van der Waals surface area contributed by atoms with E-state index in [-0.39, 0.29) is 11.9 Å². The molecule has 0 bridgehead atoms. The highest BCUT2D eigenvalue weighted by Gasteiger charge is 2.17. The largest absolute Gasteiger partial charge is 0.346 e. The van der Waals surface area contributed by atoms with Gasteiger partial charge < -0.3 is 10.6 Å². The van der Waals surface area contributed by atoms with Gasteiger partial charge in [-0.15, -0.1) is 0 Å². The van der Waals surface area contributed by atoms with Crippen LogP contribution in [0.2, 0.25) is 0 Å². The maximum Gasteiger partial charge on any atom is 0.247 e. The first-order valence-electron chi connectivity index (χ1n) is 5.41. The molecule has 1 saturated heterocycles. The molecule has 0 aliphatic carbocycles. The lowest BCUT2D eigenvalue weighted by Gasteiger charge is -2.22. The standard InChI is InChI=1S/C12H16N2OS/c1-8(11-5-13-6-11)12(15)14-9(2)10-3-4-16-7-10/h3-4,7,9,13H,5-6H2,1-2H3,(H,14,15). The van der Waals surface area contributed by atoms with Crippen LogP contribution in [0.15, 0.2) is 28.0 Å². The third-order valence-corrected chi connectivity index (χ3v) is 3.64. The van der Waals surface area contributed by atoms with E-state index in [2.05, 4.69) is 16.0 Å². The zero-order chi connectivity index (χ0) is 11.5. The van der Waals surface area contributed by atoms with Gasteiger partial charge in [0.05, 0.1) is 6.04 Å². The molecule has 1 fully saturated rings. The van der Waals surface area contributed by atoms with Gasteiger partial charge in [-0.1, -0.05) is 0 Å². The molecule has 1 amide bonds. The first-order chi connectivity index (χ1) is 7.68. The summed E-state index contributed by atoms with van der Waals surface area (Å²) in [6.45, 7) is 5.61. The van der Waals surface area contributed by atoms with Crippen LogP contribution in [-0.4, -0.2) is 19.0 Å². The lowest BCUT2D eigenvalue weighted by atomic mass is 10.0. The molecule has 2 rings (SSSR count). The van der Waals surface area contributed by atoms with Crippen molar-refractivity contribution in [1.29, 1.82) is 0 Å². The van der Waals surface area contributed by atoms with Crippen LogP contribution < -0.4 is 10.6 Å². The highest BCUT2D eigenvalue weighted by atomic mass is 32.1. The van der Waals surface area contributed by atoms with Gasteiger partial charge in [-0.3, -0.25) is 4.79 Å². The summed E-state index contributed by atoms with van der Waals surface area (Å²) in [4.78, 5) is 11.9. The van der Waals surface area contributed by atoms with Crippen molar-refractivity contribution in [2.75, 3.05) is 13.1 Å². The minimum Gasteiger partial charge on any atom is -0.346 e. The van der Waals surface area contributed by atoms with E-state index < -0.39 is 0 Å². The molecule has 1 atom stereocenters. The fraction of sp³-hybridized carbons (Fsp3) is 0.417. The summed E-state index contributed by atoms with van der Waals surface area (Å²) in [5.41, 5.74) is 3.25. The second-order valence-corrected chi connectivity index (χ2v) is 4.86. The summed E-state index contributed by atoms with van der Waals surface area (Å²) in [5.74, 6) is 0.0511. The Labute approximate surface area is 99.6 Å². The van der Waals surface area contributed by atoms with Crippen molar-refractivity contribution in [3.63, 3.8) is 0 Å². The van der Waals surface area contributed by atoms with E-state index in [0.29, 0.717) is 0 Å². The smallest absolute Gasteiger partial charge is 0.247 e. The fourth-order valence-corrected chi connectivity index (χ4v) is 2.34. The number of carbonyl (C=O) groups excluding carboxylic acids is 1. The average molecular weight is 236 g/mol. The van der Waals surface area contributed by atoms with Crippen LogP contribution in [0.3, 0.4) is 0 Å². The van der Waals surface area contributed by atoms with Crippen LogP contribution in [0.4, 0.5) is 0 Å². The third-order valence-electron chi connectivity index (χ3n) is 2.94. The van der Waals surface area contributed by atoms with Crippen LogP contribution >= 0.6 is 11.3 Å². The maximum atomic E-state index is 11.9. The van der Waals surface area contributed by atoms with Crippen LogP contribution in [0.5, 0.6) is 0 Å². The van der Waals surface area contributed by atoms with Gasteiger partial charge in [0.1, 0.15) is 0 Å². The summed E-state index contributed by atoms with van der Waals surface area (Å²) in [7, 11) is 0. The van der Waals surface area contributed by atoms with Crippen molar-refractivity contribution < 1.29 is 4.79 Å². The number of thiophene rings is 1. The summed E-state index contributed by atoms with van der Waals surface area (Å²) >= 11 is 1.65. The van der Waals surface area contributed by atoms with Gasteiger partial charge in [0.25, 0.3) is 0 Å². The monoisotopic (exact) mass is 236 g/mol. The van der Waals surface area contributed by atoms with Gasteiger partial charge in [0, 0.05) is 18.7 Å². The molecule has 16 heavy (non-hydrogen) atoms. The zero-order valence-electron chi connectivity index (χ0n) is 9.54. The molecule has 1 aliphatic heterocycles. The normalized spacial score (nSPS) is 16.5. The molecule has 0 aromatic carbocycles. The summed E-state index contributed by atoms with van der Waals surface area (Å²) in [6.07, 6.45) is 0. The predicted octanol–water partition coefficient (Wildman–Crippen LogP) is 1.84. The molecule has 86 valence electrons. The topological polar surface area (TPSA) is 41.1 Å². The van der Waals surface area contributed by atoms with Gasteiger partial charge in [-0.25, -0.2) is 0 Å². The Morgan fingerprint density at radius 3 is 2.81 bits per heavy atom. The average Bonchev–Trinajstić information content (AvgIpc) is 2.67. The second-order valence-electron chi connectivity index (χ2n) is 4.08. The van der Waals surface area contributed by atoms with Gasteiger partial charge in [-0.05, 0) is 41.8 Å². The van der Waals surface area contributed by atoms with E-state index in [1.807, 2.05) is 25.3 Å². The van der Waals surface area contributed by atoms with Gasteiger partial charge in [0.15, 0.2) is 0 Å². The Bertz CT molecular complexity index is 403. The molecule has 3 nitrogen and oxygen atoms in total. The third kappa shape index (κ3) is 2.33. The zero-order valence-corrected chi connectivity index (χ0v) is 10.4. The van der Waals surface area contributed by atoms with E-state index in [1.165, 1.54) is 11.1 Å². The fourth-order valence-electron chi connectivity index (χ4n) is 1.59. The Balaban J connectivity index is 1.97. The molecular formula is C12H16N2OS. The molecule has 4 heteroatoms. The second kappa shape index (κ2) is 4.80. The molecular weight excluding hydrogens is 220 g/mol. The number of hydrogen-bond donors (Lipinski definition) is 2. The Morgan fingerprint density at radius 1 is 1.56 bits per heavy atom. The summed E-state index contributed by atoms with van der Waals surface area (Å²) in [6, 6.07) is 2.13. The predicted molar refractivity (Wildman–Crippen MR) is 66.4 cm³/mol. The molecule has 0 spiro atoms. The minimum atomic E-state index is 0.0511. The molecule has 1 aliphatic rings. The Morgan fingerprint density at radius 2 is 2.31 bits per heavy atom. The molecule has 1 aromatic rings. The molecule has 2 heterocycles. The Hall–Kier alpha value is -1.13. The molecule has 1 aromatic heterocycles. The lowest BCUT2D eigenvalue weighted by molar-refractivity contribution is -0.118. The number of rotatable bonds is 3. The molecule has 1 unspecified atom stereocenters. The minimum absolute atomic E-state index is 0.0511. The first kappa shape index (κ1) is 11.4. The van der Waals surface area contributed by atoms with E-state index in [1.54, 1.807) is 11.3 Å². The Kier molecular flexibility index (Phi) is 3.41.